The summed E-state index contributed by atoms with van der Waals surface area (Å²) < 4.78 is 0. The van der Waals surface area contributed by atoms with Gasteiger partial charge in [-0.15, -0.1) is 0 Å². The molecule has 1 fully saturated rings. The number of hydrogen-bond donors (Lipinski definition) is 4. The highest BCUT2D eigenvalue weighted by Crippen LogP contribution is 2.30. The van der Waals surface area contributed by atoms with E-state index in [2.05, 4.69) is 16.2 Å². The standard InChI is InChI=1S/C19H25N3O5/c1-2-5-16(23)20-13-10-8-12(9-11-13)17(24)21-22-18(25)14-6-3-4-7-15(14)19(26)27/h8-11,14-15H,2-7H2,1H3,(H,20,23)(H,21,24)(H,22,25)(H,26,27). The van der Waals surface area contributed by atoms with E-state index >= 15 is 0 Å². The highest BCUT2D eigenvalue weighted by molar-refractivity contribution is 5.97. The van der Waals surface area contributed by atoms with Gasteiger partial charge in [-0.05, 0) is 43.5 Å². The molecule has 3 amide bonds. The van der Waals surface area contributed by atoms with E-state index in [0.717, 1.165) is 19.3 Å². The van der Waals surface area contributed by atoms with Gasteiger partial charge in [0, 0.05) is 17.7 Å². The van der Waals surface area contributed by atoms with Gasteiger partial charge in [-0.3, -0.25) is 30.0 Å². The molecule has 0 aliphatic heterocycles. The van der Waals surface area contributed by atoms with Crippen LogP contribution >= 0.6 is 0 Å². The summed E-state index contributed by atoms with van der Waals surface area (Å²) in [6.45, 7) is 1.91. The van der Waals surface area contributed by atoms with Gasteiger partial charge in [0.05, 0.1) is 11.8 Å². The fourth-order valence-corrected chi connectivity index (χ4v) is 3.18. The van der Waals surface area contributed by atoms with Gasteiger partial charge in [0.25, 0.3) is 5.91 Å². The largest absolute Gasteiger partial charge is 0.481 e. The minimum absolute atomic E-state index is 0.0950. The van der Waals surface area contributed by atoms with Crippen LogP contribution in [0.1, 0.15) is 55.8 Å². The summed E-state index contributed by atoms with van der Waals surface area (Å²) in [4.78, 5) is 47.2. The quantitative estimate of drug-likeness (QED) is 0.567. The Balaban J connectivity index is 1.88. The Kier molecular flexibility index (Phi) is 7.34. The molecule has 1 aromatic carbocycles. The topological polar surface area (TPSA) is 125 Å². The first-order valence-electron chi connectivity index (χ1n) is 9.15. The number of anilines is 1. The molecule has 2 unspecified atom stereocenters. The van der Waals surface area contributed by atoms with Crippen LogP contribution in [-0.4, -0.2) is 28.8 Å². The van der Waals surface area contributed by atoms with Gasteiger partial charge in [-0.25, -0.2) is 0 Å². The van der Waals surface area contributed by atoms with Crippen LogP contribution in [0.25, 0.3) is 0 Å². The van der Waals surface area contributed by atoms with Crippen molar-refractivity contribution in [2.75, 3.05) is 5.32 Å². The van der Waals surface area contributed by atoms with Gasteiger partial charge < -0.3 is 10.4 Å². The first kappa shape index (κ1) is 20.4. The van der Waals surface area contributed by atoms with E-state index in [4.69, 9.17) is 0 Å². The molecule has 0 radical (unpaired) electrons. The smallest absolute Gasteiger partial charge is 0.307 e. The molecule has 27 heavy (non-hydrogen) atoms. The Morgan fingerprint density at radius 2 is 1.63 bits per heavy atom. The zero-order chi connectivity index (χ0) is 19.8. The number of carboxylic acid groups (broad SMARTS) is 1. The Labute approximate surface area is 157 Å². The van der Waals surface area contributed by atoms with Crippen molar-refractivity contribution in [1.82, 2.24) is 10.9 Å². The zero-order valence-electron chi connectivity index (χ0n) is 15.3. The average Bonchev–Trinajstić information content (AvgIpc) is 2.66. The van der Waals surface area contributed by atoms with Gasteiger partial charge in [0.2, 0.25) is 11.8 Å². The highest BCUT2D eigenvalue weighted by atomic mass is 16.4. The molecule has 4 N–H and O–H groups in total. The molecule has 0 heterocycles. The van der Waals surface area contributed by atoms with Crippen molar-refractivity contribution in [2.24, 2.45) is 11.8 Å². The second-order valence-corrected chi connectivity index (χ2v) is 6.65. The molecule has 1 aliphatic rings. The van der Waals surface area contributed by atoms with Gasteiger partial charge in [-0.1, -0.05) is 19.8 Å². The molecular formula is C19H25N3O5. The predicted octanol–water partition coefficient (Wildman–Crippen LogP) is 2.08. The fourth-order valence-electron chi connectivity index (χ4n) is 3.18. The summed E-state index contributed by atoms with van der Waals surface area (Å²) in [7, 11) is 0. The van der Waals surface area contributed by atoms with E-state index in [1.807, 2.05) is 6.92 Å². The summed E-state index contributed by atoms with van der Waals surface area (Å²) in [5.41, 5.74) is 5.54. The van der Waals surface area contributed by atoms with Crippen LogP contribution in [0, 0.1) is 11.8 Å². The van der Waals surface area contributed by atoms with Crippen molar-refractivity contribution in [3.63, 3.8) is 0 Å². The number of hydrazine groups is 1. The number of hydrogen-bond acceptors (Lipinski definition) is 4. The summed E-state index contributed by atoms with van der Waals surface area (Å²) in [5.74, 6) is -3.45. The molecule has 2 rings (SSSR count). The Hall–Kier alpha value is -2.90. The van der Waals surface area contributed by atoms with Crippen molar-refractivity contribution in [1.29, 1.82) is 0 Å². The van der Waals surface area contributed by atoms with Crippen molar-refractivity contribution < 1.29 is 24.3 Å². The van der Waals surface area contributed by atoms with Crippen LogP contribution < -0.4 is 16.2 Å². The van der Waals surface area contributed by atoms with Crippen LogP contribution in [0.3, 0.4) is 0 Å². The lowest BCUT2D eigenvalue weighted by Crippen LogP contribution is -2.47. The van der Waals surface area contributed by atoms with E-state index in [1.54, 1.807) is 12.1 Å². The third kappa shape index (κ3) is 5.80. The van der Waals surface area contributed by atoms with E-state index in [0.29, 0.717) is 30.5 Å². The molecule has 8 nitrogen and oxygen atoms in total. The molecule has 1 aromatic rings. The Morgan fingerprint density at radius 3 is 2.22 bits per heavy atom. The lowest BCUT2D eigenvalue weighted by atomic mass is 9.79. The van der Waals surface area contributed by atoms with Crippen molar-refractivity contribution in [2.45, 2.75) is 45.4 Å². The molecule has 146 valence electrons. The lowest BCUT2D eigenvalue weighted by molar-refractivity contribution is -0.149. The monoisotopic (exact) mass is 375 g/mol. The number of carboxylic acids is 1. The zero-order valence-corrected chi connectivity index (χ0v) is 15.3. The summed E-state index contributed by atoms with van der Waals surface area (Å²) in [6, 6.07) is 6.27. The molecule has 1 aliphatic carbocycles. The minimum atomic E-state index is -0.984. The van der Waals surface area contributed by atoms with E-state index in [1.165, 1.54) is 12.1 Å². The van der Waals surface area contributed by atoms with Crippen molar-refractivity contribution in [3.8, 4) is 0 Å². The van der Waals surface area contributed by atoms with Gasteiger partial charge >= 0.3 is 5.97 Å². The van der Waals surface area contributed by atoms with Crippen LogP contribution in [0.4, 0.5) is 5.69 Å². The number of carbonyl (C=O) groups is 4. The fraction of sp³-hybridized carbons (Fsp3) is 0.474. The first-order valence-corrected chi connectivity index (χ1v) is 9.15. The average molecular weight is 375 g/mol. The van der Waals surface area contributed by atoms with E-state index < -0.39 is 29.6 Å². The summed E-state index contributed by atoms with van der Waals surface area (Å²) in [6.07, 6.45) is 3.70. The van der Waals surface area contributed by atoms with Crippen molar-refractivity contribution in [3.05, 3.63) is 29.8 Å². The van der Waals surface area contributed by atoms with E-state index in [-0.39, 0.29) is 5.91 Å². The maximum atomic E-state index is 12.2. The number of nitrogens with one attached hydrogen (secondary N) is 3. The number of benzene rings is 1. The number of aliphatic carboxylic acids is 1. The third-order valence-electron chi connectivity index (χ3n) is 4.63. The highest BCUT2D eigenvalue weighted by Gasteiger charge is 2.35. The van der Waals surface area contributed by atoms with Gasteiger partial charge in [0.1, 0.15) is 0 Å². The lowest BCUT2D eigenvalue weighted by Gasteiger charge is -2.27. The summed E-state index contributed by atoms with van der Waals surface area (Å²) >= 11 is 0. The molecule has 1 saturated carbocycles. The van der Waals surface area contributed by atoms with Gasteiger partial charge in [-0.2, -0.15) is 0 Å². The Bertz CT molecular complexity index is 702. The maximum absolute atomic E-state index is 12.2. The molecule has 2 atom stereocenters. The molecule has 0 spiro atoms. The van der Waals surface area contributed by atoms with E-state index in [9.17, 15) is 24.3 Å². The maximum Gasteiger partial charge on any atom is 0.307 e. The van der Waals surface area contributed by atoms with Crippen LogP contribution in [0.2, 0.25) is 0 Å². The summed E-state index contributed by atoms with van der Waals surface area (Å²) in [5, 5.41) is 12.0. The predicted molar refractivity (Wildman–Crippen MR) is 98.7 cm³/mol. The van der Waals surface area contributed by atoms with Crippen molar-refractivity contribution >= 4 is 29.4 Å². The SMILES string of the molecule is CCCC(=O)Nc1ccc(C(=O)NNC(=O)C2CCCCC2C(=O)O)cc1. The number of amides is 3. The molecule has 8 heteroatoms. The second-order valence-electron chi connectivity index (χ2n) is 6.65. The molecule has 0 aromatic heterocycles. The van der Waals surface area contributed by atoms with Gasteiger partial charge in [0.15, 0.2) is 0 Å². The van der Waals surface area contributed by atoms with Crippen LogP contribution in [0.15, 0.2) is 24.3 Å². The second kappa shape index (κ2) is 9.70. The number of carbonyl (C=O) groups excluding carboxylic acids is 3. The minimum Gasteiger partial charge on any atom is -0.481 e. The molecular weight excluding hydrogens is 350 g/mol. The normalized spacial score (nSPS) is 19.0. The molecule has 0 saturated heterocycles. The molecule has 0 bridgehead atoms. The van der Waals surface area contributed by atoms with Crippen LogP contribution in [0.5, 0.6) is 0 Å². The number of rotatable bonds is 6. The van der Waals surface area contributed by atoms with Crippen LogP contribution in [-0.2, 0) is 14.4 Å². The third-order valence-corrected chi connectivity index (χ3v) is 4.63. The first-order chi connectivity index (χ1) is 12.9. The Morgan fingerprint density at radius 1 is 1.00 bits per heavy atom.